The molecule has 0 aliphatic carbocycles. The van der Waals surface area contributed by atoms with Crippen molar-refractivity contribution in [2.45, 2.75) is 25.7 Å². The number of hydrogen-bond acceptors (Lipinski definition) is 4. The predicted molar refractivity (Wildman–Crippen MR) is 87.6 cm³/mol. The normalized spacial score (nSPS) is 16.8. The van der Waals surface area contributed by atoms with Gasteiger partial charge in [-0.1, -0.05) is 23.7 Å². The van der Waals surface area contributed by atoms with Crippen LogP contribution < -0.4 is 5.32 Å². The summed E-state index contributed by atoms with van der Waals surface area (Å²) in [4.78, 5) is 24.0. The predicted octanol–water partition coefficient (Wildman–Crippen LogP) is 2.21. The Morgan fingerprint density at radius 3 is 2.57 bits per heavy atom. The van der Waals surface area contributed by atoms with E-state index in [0.29, 0.717) is 30.3 Å². The van der Waals surface area contributed by atoms with Gasteiger partial charge in [-0.15, -0.1) is 0 Å². The molecule has 5 nitrogen and oxygen atoms in total. The number of aliphatic hydroxyl groups excluding tert-OH is 1. The smallest absolute Gasteiger partial charge is 0.220 e. The van der Waals surface area contributed by atoms with E-state index in [1.54, 1.807) is 24.3 Å². The molecule has 1 aliphatic rings. The van der Waals surface area contributed by atoms with Crippen LogP contribution in [0.1, 0.15) is 36.0 Å². The molecular weight excluding hydrogens is 318 g/mol. The van der Waals surface area contributed by atoms with Gasteiger partial charge in [0, 0.05) is 43.6 Å². The summed E-state index contributed by atoms with van der Waals surface area (Å²) in [5.41, 5.74) is 0.138. The third-order valence-corrected chi connectivity index (χ3v) is 4.63. The average Bonchev–Trinajstić information content (AvgIpc) is 2.59. The van der Waals surface area contributed by atoms with Gasteiger partial charge >= 0.3 is 0 Å². The third-order valence-electron chi connectivity index (χ3n) is 4.30. The molecule has 0 bridgehead atoms. The number of Topliss-reactive ketones (excluding diaryl/α,β-unsaturated/α-hetero) is 1. The number of ketones is 1. The SMILES string of the molecule is O=C(CCC(=O)c1ccccc1Cl)NCC1(CO)CCOCC1. The molecule has 23 heavy (non-hydrogen) atoms. The van der Waals surface area contributed by atoms with E-state index in [-0.39, 0.29) is 36.6 Å². The van der Waals surface area contributed by atoms with Crippen LogP contribution in [-0.2, 0) is 9.53 Å². The lowest BCUT2D eigenvalue weighted by Crippen LogP contribution is -2.43. The summed E-state index contributed by atoms with van der Waals surface area (Å²) in [7, 11) is 0. The van der Waals surface area contributed by atoms with E-state index in [1.807, 2.05) is 0 Å². The number of benzene rings is 1. The summed E-state index contributed by atoms with van der Waals surface area (Å²) in [5, 5.41) is 12.8. The van der Waals surface area contributed by atoms with E-state index in [0.717, 1.165) is 12.8 Å². The molecule has 2 rings (SSSR count). The van der Waals surface area contributed by atoms with E-state index in [4.69, 9.17) is 16.3 Å². The number of carbonyl (C=O) groups is 2. The topological polar surface area (TPSA) is 75.6 Å². The first-order chi connectivity index (χ1) is 11.1. The Kier molecular flexibility index (Phi) is 6.57. The van der Waals surface area contributed by atoms with Crippen LogP contribution in [0.4, 0.5) is 0 Å². The van der Waals surface area contributed by atoms with E-state index in [9.17, 15) is 14.7 Å². The van der Waals surface area contributed by atoms with Crippen molar-refractivity contribution < 1.29 is 19.4 Å². The van der Waals surface area contributed by atoms with Crippen LogP contribution >= 0.6 is 11.6 Å². The Morgan fingerprint density at radius 1 is 1.22 bits per heavy atom. The number of amides is 1. The minimum absolute atomic E-state index is 0.0230. The zero-order valence-electron chi connectivity index (χ0n) is 13.0. The Hall–Kier alpha value is -1.43. The third kappa shape index (κ3) is 5.03. The zero-order chi connectivity index (χ0) is 16.7. The molecule has 1 heterocycles. The average molecular weight is 340 g/mol. The van der Waals surface area contributed by atoms with Gasteiger partial charge in [-0.3, -0.25) is 9.59 Å². The van der Waals surface area contributed by atoms with Crippen molar-refractivity contribution >= 4 is 23.3 Å². The lowest BCUT2D eigenvalue weighted by Gasteiger charge is -2.35. The van der Waals surface area contributed by atoms with Crippen LogP contribution in [0.3, 0.4) is 0 Å². The highest BCUT2D eigenvalue weighted by atomic mass is 35.5. The first-order valence-electron chi connectivity index (χ1n) is 7.79. The molecule has 0 radical (unpaired) electrons. The Labute approximate surface area is 141 Å². The highest BCUT2D eigenvalue weighted by Crippen LogP contribution is 2.29. The van der Waals surface area contributed by atoms with Crippen LogP contribution in [0, 0.1) is 5.41 Å². The minimum Gasteiger partial charge on any atom is -0.396 e. The van der Waals surface area contributed by atoms with E-state index >= 15 is 0 Å². The highest BCUT2D eigenvalue weighted by molar-refractivity contribution is 6.34. The lowest BCUT2D eigenvalue weighted by atomic mass is 9.81. The van der Waals surface area contributed by atoms with Gasteiger partial charge in [0.15, 0.2) is 5.78 Å². The fourth-order valence-corrected chi connectivity index (χ4v) is 2.86. The van der Waals surface area contributed by atoms with Crippen molar-refractivity contribution in [1.82, 2.24) is 5.32 Å². The van der Waals surface area contributed by atoms with Gasteiger partial charge in [-0.25, -0.2) is 0 Å². The molecular formula is C17H22ClNO4. The summed E-state index contributed by atoms with van der Waals surface area (Å²) >= 11 is 5.97. The van der Waals surface area contributed by atoms with Gasteiger partial charge in [0.2, 0.25) is 5.91 Å². The van der Waals surface area contributed by atoms with Crippen molar-refractivity contribution in [1.29, 1.82) is 0 Å². The maximum Gasteiger partial charge on any atom is 0.220 e. The maximum absolute atomic E-state index is 12.1. The molecule has 0 unspecified atom stereocenters. The molecule has 1 fully saturated rings. The molecule has 6 heteroatoms. The second-order valence-corrected chi connectivity index (χ2v) is 6.36. The summed E-state index contributed by atoms with van der Waals surface area (Å²) < 4.78 is 5.29. The molecule has 0 atom stereocenters. The Balaban J connectivity index is 1.79. The Bertz CT molecular complexity index is 555. The molecule has 0 aromatic heterocycles. The number of carbonyl (C=O) groups excluding carboxylic acids is 2. The van der Waals surface area contributed by atoms with Gasteiger partial charge in [0.05, 0.1) is 11.6 Å². The van der Waals surface area contributed by atoms with Crippen LogP contribution in [0.25, 0.3) is 0 Å². The zero-order valence-corrected chi connectivity index (χ0v) is 13.8. The second kappa shape index (κ2) is 8.43. The van der Waals surface area contributed by atoms with Crippen LogP contribution in [0.5, 0.6) is 0 Å². The maximum atomic E-state index is 12.1. The van der Waals surface area contributed by atoms with E-state index < -0.39 is 0 Å². The molecule has 0 spiro atoms. The van der Waals surface area contributed by atoms with Gasteiger partial charge < -0.3 is 15.2 Å². The molecule has 1 saturated heterocycles. The van der Waals surface area contributed by atoms with Gasteiger partial charge in [0.1, 0.15) is 0 Å². The molecule has 2 N–H and O–H groups in total. The summed E-state index contributed by atoms with van der Waals surface area (Å²) in [5.74, 6) is -0.335. The van der Waals surface area contributed by atoms with E-state index in [1.165, 1.54) is 0 Å². The molecule has 1 aliphatic heterocycles. The molecule has 0 saturated carbocycles. The van der Waals surface area contributed by atoms with E-state index in [2.05, 4.69) is 5.32 Å². The van der Waals surface area contributed by atoms with Crippen LogP contribution in [-0.4, -0.2) is 43.2 Å². The fourth-order valence-electron chi connectivity index (χ4n) is 2.62. The van der Waals surface area contributed by atoms with Gasteiger partial charge in [-0.05, 0) is 25.0 Å². The number of ether oxygens (including phenoxy) is 1. The standard InChI is InChI=1S/C17H22ClNO4/c18-14-4-2-1-3-13(14)15(21)5-6-16(22)19-11-17(12-20)7-9-23-10-8-17/h1-4,20H,5-12H2,(H,19,22). The monoisotopic (exact) mass is 339 g/mol. The number of hydrogen-bond donors (Lipinski definition) is 2. The minimum atomic E-state index is -0.305. The van der Waals surface area contributed by atoms with Crippen molar-refractivity contribution in [3.63, 3.8) is 0 Å². The summed E-state index contributed by atoms with van der Waals surface area (Å²) in [6, 6.07) is 6.82. The van der Waals surface area contributed by atoms with Gasteiger partial charge in [0.25, 0.3) is 0 Å². The highest BCUT2D eigenvalue weighted by Gasteiger charge is 2.32. The Morgan fingerprint density at radius 2 is 1.91 bits per heavy atom. The quantitative estimate of drug-likeness (QED) is 0.747. The first kappa shape index (κ1) is 17.9. The number of nitrogens with one attached hydrogen (secondary N) is 1. The van der Waals surface area contributed by atoms with Crippen molar-refractivity contribution in [2.75, 3.05) is 26.4 Å². The molecule has 1 aromatic rings. The van der Waals surface area contributed by atoms with Crippen LogP contribution in [0.2, 0.25) is 5.02 Å². The van der Waals surface area contributed by atoms with Crippen LogP contribution in [0.15, 0.2) is 24.3 Å². The molecule has 1 amide bonds. The largest absolute Gasteiger partial charge is 0.396 e. The van der Waals surface area contributed by atoms with Crippen molar-refractivity contribution in [3.05, 3.63) is 34.9 Å². The van der Waals surface area contributed by atoms with Gasteiger partial charge in [-0.2, -0.15) is 0 Å². The number of aliphatic hydroxyl groups is 1. The van der Waals surface area contributed by atoms with Crippen molar-refractivity contribution in [2.24, 2.45) is 5.41 Å². The number of rotatable bonds is 7. The lowest BCUT2D eigenvalue weighted by molar-refractivity contribution is -0.122. The number of halogens is 1. The fraction of sp³-hybridized carbons (Fsp3) is 0.529. The van der Waals surface area contributed by atoms with Crippen molar-refractivity contribution in [3.8, 4) is 0 Å². The summed E-state index contributed by atoms with van der Waals surface area (Å²) in [6.07, 6.45) is 1.68. The first-order valence-corrected chi connectivity index (χ1v) is 8.17. The summed E-state index contributed by atoms with van der Waals surface area (Å²) in [6.45, 7) is 1.63. The molecule has 1 aromatic carbocycles. The molecule has 126 valence electrons. The second-order valence-electron chi connectivity index (χ2n) is 5.95.